The van der Waals surface area contributed by atoms with Gasteiger partial charge in [-0.05, 0) is 25.8 Å². The Morgan fingerprint density at radius 3 is 2.46 bits per heavy atom. The zero-order valence-corrected chi connectivity index (χ0v) is 20.1. The van der Waals surface area contributed by atoms with E-state index in [-0.39, 0.29) is 35.3 Å². The van der Waals surface area contributed by atoms with Crippen molar-refractivity contribution in [3.05, 3.63) is 23.9 Å². The molecule has 1 heterocycles. The lowest BCUT2D eigenvalue weighted by Crippen LogP contribution is -2.49. The number of aliphatic imine (C=N–C) groups is 1. The summed E-state index contributed by atoms with van der Waals surface area (Å²) in [5, 5.41) is 6.71. The van der Waals surface area contributed by atoms with Crippen molar-refractivity contribution in [3.63, 3.8) is 0 Å². The van der Waals surface area contributed by atoms with Crippen molar-refractivity contribution < 1.29 is 4.79 Å². The van der Waals surface area contributed by atoms with E-state index < -0.39 is 0 Å². The highest BCUT2D eigenvalue weighted by Gasteiger charge is 2.42. The van der Waals surface area contributed by atoms with Crippen LogP contribution in [0.3, 0.4) is 0 Å². The third kappa shape index (κ3) is 6.22. The van der Waals surface area contributed by atoms with E-state index in [0.29, 0.717) is 13.1 Å². The van der Waals surface area contributed by atoms with E-state index in [1.54, 1.807) is 11.1 Å². The molecule has 0 aromatic carbocycles. The molecule has 0 radical (unpaired) electrons. The van der Waals surface area contributed by atoms with Crippen molar-refractivity contribution >= 4 is 41.7 Å². The maximum absolute atomic E-state index is 12.7. The van der Waals surface area contributed by atoms with Crippen LogP contribution in [-0.2, 0) is 11.3 Å². The number of anilines is 1. The quantitative estimate of drug-likeness (QED) is 0.341. The van der Waals surface area contributed by atoms with Gasteiger partial charge in [-0.25, -0.2) is 9.98 Å². The molecule has 158 valence electrons. The van der Waals surface area contributed by atoms with Crippen molar-refractivity contribution in [2.75, 3.05) is 46.2 Å². The van der Waals surface area contributed by atoms with E-state index in [1.807, 2.05) is 52.1 Å². The summed E-state index contributed by atoms with van der Waals surface area (Å²) >= 11 is 0. The summed E-state index contributed by atoms with van der Waals surface area (Å²) in [5.74, 6) is 1.88. The first-order valence-corrected chi connectivity index (χ1v) is 9.75. The first kappa shape index (κ1) is 24.5. The van der Waals surface area contributed by atoms with E-state index in [4.69, 9.17) is 4.99 Å². The molecule has 8 heteroatoms. The van der Waals surface area contributed by atoms with Crippen molar-refractivity contribution in [1.82, 2.24) is 20.5 Å². The number of rotatable bonds is 7. The minimum atomic E-state index is -0.317. The lowest BCUT2D eigenvalue weighted by molar-refractivity contribution is -0.138. The molecular weight excluding hydrogens is 467 g/mol. The number of hydrogen-bond donors (Lipinski definition) is 2. The Labute approximate surface area is 186 Å². The van der Waals surface area contributed by atoms with Crippen LogP contribution in [0.5, 0.6) is 0 Å². The van der Waals surface area contributed by atoms with Gasteiger partial charge in [0, 0.05) is 53.0 Å². The fraction of sp³-hybridized carbons (Fsp3) is 0.650. The van der Waals surface area contributed by atoms with Crippen LogP contribution in [0.25, 0.3) is 0 Å². The number of amides is 1. The van der Waals surface area contributed by atoms with Crippen LogP contribution in [0.4, 0.5) is 5.82 Å². The Morgan fingerprint density at radius 1 is 1.21 bits per heavy atom. The summed E-state index contributed by atoms with van der Waals surface area (Å²) in [6.07, 6.45) is 5.88. The molecule has 0 spiro atoms. The minimum Gasteiger partial charge on any atom is -0.362 e. The van der Waals surface area contributed by atoms with Gasteiger partial charge in [0.1, 0.15) is 5.82 Å². The van der Waals surface area contributed by atoms with Crippen molar-refractivity contribution in [2.45, 2.75) is 39.2 Å². The van der Waals surface area contributed by atoms with Gasteiger partial charge in [0.2, 0.25) is 5.91 Å². The summed E-state index contributed by atoms with van der Waals surface area (Å²) < 4.78 is 0. The standard InChI is InChI=1S/C20H34N6O.HI/c1-6-21-19(23-14-16-10-9-13-22-17(16)25(2)3)24-15-20(11-7-8-12-20)18(27)26(4)5;/h9-10,13H,6-8,11-12,14-15H2,1-5H3,(H2,21,23,24);1H. The van der Waals surface area contributed by atoms with Crippen LogP contribution in [0.2, 0.25) is 0 Å². The molecule has 1 aromatic rings. The Balaban J connectivity index is 0.00000392. The number of nitrogens with zero attached hydrogens (tertiary/aromatic N) is 4. The molecule has 7 nitrogen and oxygen atoms in total. The fourth-order valence-corrected chi connectivity index (χ4v) is 3.71. The number of guanidine groups is 1. The second kappa shape index (κ2) is 11.4. The van der Waals surface area contributed by atoms with Gasteiger partial charge in [0.15, 0.2) is 5.96 Å². The molecule has 0 saturated heterocycles. The molecule has 1 aliphatic carbocycles. The van der Waals surface area contributed by atoms with Gasteiger partial charge in [-0.3, -0.25) is 4.79 Å². The number of carbonyl (C=O) groups excluding carboxylic acids is 1. The third-order valence-corrected chi connectivity index (χ3v) is 5.06. The zero-order chi connectivity index (χ0) is 19.9. The molecule has 1 saturated carbocycles. The molecule has 1 fully saturated rings. The molecule has 28 heavy (non-hydrogen) atoms. The molecule has 0 atom stereocenters. The van der Waals surface area contributed by atoms with Gasteiger partial charge in [0.25, 0.3) is 0 Å². The largest absolute Gasteiger partial charge is 0.362 e. The zero-order valence-electron chi connectivity index (χ0n) is 17.8. The van der Waals surface area contributed by atoms with Crippen LogP contribution >= 0.6 is 24.0 Å². The molecule has 1 aliphatic rings. The first-order valence-electron chi connectivity index (χ1n) is 9.75. The number of hydrogen-bond acceptors (Lipinski definition) is 4. The van der Waals surface area contributed by atoms with Gasteiger partial charge < -0.3 is 20.4 Å². The molecule has 0 aliphatic heterocycles. The monoisotopic (exact) mass is 502 g/mol. The van der Waals surface area contributed by atoms with E-state index in [2.05, 4.69) is 15.6 Å². The number of halogens is 1. The smallest absolute Gasteiger partial charge is 0.230 e. The highest BCUT2D eigenvalue weighted by molar-refractivity contribution is 14.0. The van der Waals surface area contributed by atoms with Crippen molar-refractivity contribution in [1.29, 1.82) is 0 Å². The normalized spacial score (nSPS) is 15.5. The Hall–Kier alpha value is -1.58. The number of aromatic nitrogens is 1. The van der Waals surface area contributed by atoms with Gasteiger partial charge in [-0.1, -0.05) is 18.9 Å². The summed E-state index contributed by atoms with van der Waals surface area (Å²) in [7, 11) is 7.64. The Morgan fingerprint density at radius 2 is 1.89 bits per heavy atom. The molecule has 2 N–H and O–H groups in total. The molecular formula is C20H35IN6O. The van der Waals surface area contributed by atoms with Crippen LogP contribution < -0.4 is 15.5 Å². The summed E-state index contributed by atoms with van der Waals surface area (Å²) in [5.41, 5.74) is 0.752. The highest BCUT2D eigenvalue weighted by atomic mass is 127. The molecule has 1 aromatic heterocycles. The van der Waals surface area contributed by atoms with Gasteiger partial charge in [-0.2, -0.15) is 0 Å². The summed E-state index contributed by atoms with van der Waals surface area (Å²) in [6.45, 7) is 3.96. The van der Waals surface area contributed by atoms with Crippen LogP contribution in [-0.4, -0.2) is 63.0 Å². The van der Waals surface area contributed by atoms with Crippen molar-refractivity contribution in [3.8, 4) is 0 Å². The van der Waals surface area contributed by atoms with Crippen LogP contribution in [0.1, 0.15) is 38.2 Å². The number of nitrogens with one attached hydrogen (secondary N) is 2. The van der Waals surface area contributed by atoms with E-state index in [9.17, 15) is 4.79 Å². The lowest BCUT2D eigenvalue weighted by atomic mass is 9.84. The van der Waals surface area contributed by atoms with Gasteiger partial charge in [-0.15, -0.1) is 24.0 Å². The molecule has 1 amide bonds. The lowest BCUT2D eigenvalue weighted by Gasteiger charge is -2.31. The van der Waals surface area contributed by atoms with Crippen molar-refractivity contribution in [2.24, 2.45) is 10.4 Å². The maximum atomic E-state index is 12.7. The predicted molar refractivity (Wildman–Crippen MR) is 126 cm³/mol. The fourth-order valence-electron chi connectivity index (χ4n) is 3.71. The molecule has 2 rings (SSSR count). The average molecular weight is 502 g/mol. The average Bonchev–Trinajstić information content (AvgIpc) is 3.13. The number of pyridine rings is 1. The van der Waals surface area contributed by atoms with E-state index in [0.717, 1.165) is 49.6 Å². The Bertz CT molecular complexity index is 656. The summed E-state index contributed by atoms with van der Waals surface area (Å²) in [4.78, 5) is 25.6. The first-order chi connectivity index (χ1) is 12.9. The van der Waals surface area contributed by atoms with E-state index in [1.165, 1.54) is 0 Å². The van der Waals surface area contributed by atoms with Gasteiger partial charge in [0.05, 0.1) is 12.0 Å². The topological polar surface area (TPSA) is 72.9 Å². The highest BCUT2D eigenvalue weighted by Crippen LogP contribution is 2.38. The maximum Gasteiger partial charge on any atom is 0.230 e. The number of carbonyl (C=O) groups is 1. The van der Waals surface area contributed by atoms with Crippen LogP contribution in [0, 0.1) is 5.41 Å². The molecule has 0 unspecified atom stereocenters. The minimum absolute atomic E-state index is 0. The SMILES string of the molecule is CCNC(=NCc1cccnc1N(C)C)NCC1(C(=O)N(C)C)CCCC1.I. The molecule has 0 bridgehead atoms. The third-order valence-electron chi connectivity index (χ3n) is 5.06. The second-order valence-corrected chi connectivity index (χ2v) is 7.62. The van der Waals surface area contributed by atoms with E-state index >= 15 is 0 Å². The predicted octanol–water partition coefficient (Wildman–Crippen LogP) is 2.47. The van der Waals surface area contributed by atoms with Gasteiger partial charge >= 0.3 is 0 Å². The second-order valence-electron chi connectivity index (χ2n) is 7.62. The van der Waals surface area contributed by atoms with Crippen LogP contribution in [0.15, 0.2) is 23.3 Å². The Kier molecular flexibility index (Phi) is 9.98. The summed E-state index contributed by atoms with van der Waals surface area (Å²) in [6, 6.07) is 3.98.